The summed E-state index contributed by atoms with van der Waals surface area (Å²) in [6.45, 7) is 12.0. The quantitative estimate of drug-likeness (QED) is 0.645. The molecule has 0 fully saturated rings. The predicted octanol–water partition coefficient (Wildman–Crippen LogP) is 5.71. The van der Waals surface area contributed by atoms with E-state index in [0.29, 0.717) is 0 Å². The summed E-state index contributed by atoms with van der Waals surface area (Å²) in [6.07, 6.45) is 0. The van der Waals surface area contributed by atoms with Gasteiger partial charge in [-0.15, -0.1) is 22.7 Å². The minimum Gasteiger partial charge on any atom is -0.289 e. The number of hydrogen-bond donors (Lipinski definition) is 0. The lowest BCUT2D eigenvalue weighted by Crippen LogP contribution is -2.00. The summed E-state index contributed by atoms with van der Waals surface area (Å²) in [5.41, 5.74) is 1.69. The highest BCUT2D eigenvalue weighted by molar-refractivity contribution is 7.10. The van der Waals surface area contributed by atoms with Gasteiger partial charge in [0, 0.05) is 20.9 Å². The fraction of sp³-hybridized carbons (Fsp3) is 0.400. The van der Waals surface area contributed by atoms with Gasteiger partial charge in [-0.05, 0) is 36.7 Å². The molecule has 0 aliphatic carbocycles. The number of aryl methyl sites for hydroxylation is 2. The van der Waals surface area contributed by atoms with Gasteiger partial charge >= 0.3 is 0 Å². The Morgan fingerprint density at radius 1 is 0.833 bits per heavy atom. The Kier molecular flexibility index (Phi) is 8.59. The van der Waals surface area contributed by atoms with Crippen molar-refractivity contribution in [3.8, 4) is 0 Å². The molecule has 0 aliphatic rings. The van der Waals surface area contributed by atoms with Gasteiger partial charge in [0.15, 0.2) is 5.78 Å². The van der Waals surface area contributed by atoms with Crippen molar-refractivity contribution in [2.75, 3.05) is 0 Å². The molecule has 0 aliphatic heterocycles. The van der Waals surface area contributed by atoms with E-state index in [1.807, 2.05) is 64.4 Å². The van der Waals surface area contributed by atoms with Gasteiger partial charge in [0.1, 0.15) is 0 Å². The van der Waals surface area contributed by atoms with Gasteiger partial charge in [-0.2, -0.15) is 0 Å². The van der Waals surface area contributed by atoms with Crippen molar-refractivity contribution in [1.29, 1.82) is 0 Å². The van der Waals surface area contributed by atoms with E-state index in [-0.39, 0.29) is 5.78 Å². The van der Waals surface area contributed by atoms with Gasteiger partial charge < -0.3 is 0 Å². The molecular formula is C15H22OS2. The molecule has 18 heavy (non-hydrogen) atoms. The molecule has 0 unspecified atom stereocenters. The van der Waals surface area contributed by atoms with Gasteiger partial charge in [0.2, 0.25) is 0 Å². The van der Waals surface area contributed by atoms with Crippen LogP contribution in [-0.2, 0) is 0 Å². The van der Waals surface area contributed by atoms with Crippen molar-refractivity contribution >= 4 is 28.5 Å². The van der Waals surface area contributed by atoms with Crippen LogP contribution < -0.4 is 0 Å². The fourth-order valence-electron chi connectivity index (χ4n) is 1.39. The summed E-state index contributed by atoms with van der Waals surface area (Å²) >= 11 is 3.24. The number of hydrogen-bond acceptors (Lipinski definition) is 3. The van der Waals surface area contributed by atoms with E-state index in [1.54, 1.807) is 22.7 Å². The van der Waals surface area contributed by atoms with E-state index in [1.165, 1.54) is 0 Å². The van der Waals surface area contributed by atoms with Crippen LogP contribution in [0.1, 0.15) is 53.4 Å². The van der Waals surface area contributed by atoms with Crippen LogP contribution in [0.3, 0.4) is 0 Å². The van der Waals surface area contributed by atoms with E-state index in [9.17, 15) is 4.79 Å². The van der Waals surface area contributed by atoms with Gasteiger partial charge in [0.05, 0.1) is 0 Å². The second-order valence-electron chi connectivity index (χ2n) is 3.11. The molecule has 0 N–H and O–H groups in total. The zero-order valence-corrected chi connectivity index (χ0v) is 13.7. The van der Waals surface area contributed by atoms with E-state index in [4.69, 9.17) is 0 Å². The number of thiophene rings is 2. The molecule has 0 bridgehead atoms. The third kappa shape index (κ3) is 4.07. The molecule has 0 aromatic carbocycles. The Bertz CT molecular complexity index is 424. The SMILES string of the molecule is CC.CC.Cc1sccc1C(=O)c1ccsc1C. The Labute approximate surface area is 118 Å². The first kappa shape index (κ1) is 17.1. The van der Waals surface area contributed by atoms with Crippen LogP contribution in [0.15, 0.2) is 22.9 Å². The van der Waals surface area contributed by atoms with E-state index in [0.717, 1.165) is 20.9 Å². The van der Waals surface area contributed by atoms with Crippen molar-refractivity contribution in [1.82, 2.24) is 0 Å². The van der Waals surface area contributed by atoms with Crippen LogP contribution >= 0.6 is 22.7 Å². The number of ketones is 1. The number of carbonyl (C=O) groups is 1. The molecule has 0 amide bonds. The molecule has 2 heterocycles. The molecule has 0 saturated heterocycles. The lowest BCUT2D eigenvalue weighted by molar-refractivity contribution is 0.103. The number of rotatable bonds is 2. The highest BCUT2D eigenvalue weighted by Crippen LogP contribution is 2.23. The molecule has 2 aromatic rings. The zero-order chi connectivity index (χ0) is 14.1. The summed E-state index contributed by atoms with van der Waals surface area (Å²) < 4.78 is 0. The molecule has 2 aromatic heterocycles. The van der Waals surface area contributed by atoms with Crippen LogP contribution in [-0.4, -0.2) is 5.78 Å². The first-order valence-electron chi connectivity index (χ1n) is 6.33. The third-order valence-corrected chi connectivity index (χ3v) is 3.90. The standard InChI is InChI=1S/C11H10OS2.2C2H6/c1-7-9(3-5-13-7)11(12)10-4-6-14-8(10)2;2*1-2/h3-6H,1-2H3;2*1-2H3. The zero-order valence-electron chi connectivity index (χ0n) is 12.0. The molecule has 0 saturated carbocycles. The monoisotopic (exact) mass is 282 g/mol. The van der Waals surface area contributed by atoms with Gasteiger partial charge in [0.25, 0.3) is 0 Å². The third-order valence-electron chi connectivity index (χ3n) is 2.21. The number of carbonyl (C=O) groups excluding carboxylic acids is 1. The van der Waals surface area contributed by atoms with Crippen molar-refractivity contribution < 1.29 is 4.79 Å². The van der Waals surface area contributed by atoms with Crippen molar-refractivity contribution in [3.63, 3.8) is 0 Å². The van der Waals surface area contributed by atoms with Crippen LogP contribution in [0.25, 0.3) is 0 Å². The summed E-state index contributed by atoms with van der Waals surface area (Å²) in [5.74, 6) is 0.155. The Morgan fingerprint density at radius 2 is 1.17 bits per heavy atom. The topological polar surface area (TPSA) is 17.1 Å². The molecule has 2 rings (SSSR count). The van der Waals surface area contributed by atoms with Gasteiger partial charge in [-0.25, -0.2) is 0 Å². The molecular weight excluding hydrogens is 260 g/mol. The van der Waals surface area contributed by atoms with Crippen LogP contribution in [0, 0.1) is 13.8 Å². The molecule has 0 radical (unpaired) electrons. The highest BCUT2D eigenvalue weighted by atomic mass is 32.1. The predicted molar refractivity (Wildman–Crippen MR) is 84.2 cm³/mol. The van der Waals surface area contributed by atoms with Gasteiger partial charge in [-0.1, -0.05) is 27.7 Å². The second kappa shape index (κ2) is 9.06. The Morgan fingerprint density at radius 3 is 1.39 bits per heavy atom. The van der Waals surface area contributed by atoms with Crippen molar-refractivity contribution in [2.45, 2.75) is 41.5 Å². The molecule has 1 nitrogen and oxygen atoms in total. The first-order chi connectivity index (χ1) is 8.70. The maximum atomic E-state index is 12.0. The maximum absolute atomic E-state index is 12.0. The molecule has 0 spiro atoms. The summed E-state index contributed by atoms with van der Waals surface area (Å²) in [4.78, 5) is 14.2. The maximum Gasteiger partial charge on any atom is 0.195 e. The van der Waals surface area contributed by atoms with Crippen LogP contribution in [0.5, 0.6) is 0 Å². The average molecular weight is 282 g/mol. The van der Waals surface area contributed by atoms with Crippen molar-refractivity contribution in [3.05, 3.63) is 43.8 Å². The van der Waals surface area contributed by atoms with E-state index < -0.39 is 0 Å². The van der Waals surface area contributed by atoms with E-state index in [2.05, 4.69) is 0 Å². The lowest BCUT2D eigenvalue weighted by atomic mass is 10.1. The van der Waals surface area contributed by atoms with Crippen LogP contribution in [0.2, 0.25) is 0 Å². The molecule has 0 atom stereocenters. The summed E-state index contributed by atoms with van der Waals surface area (Å²) in [7, 11) is 0. The minimum absolute atomic E-state index is 0.155. The Balaban J connectivity index is 0.000000659. The smallest absolute Gasteiger partial charge is 0.195 e. The summed E-state index contributed by atoms with van der Waals surface area (Å²) in [6, 6.07) is 3.80. The molecule has 100 valence electrons. The van der Waals surface area contributed by atoms with Crippen LogP contribution in [0.4, 0.5) is 0 Å². The normalized spacial score (nSPS) is 8.78. The average Bonchev–Trinajstić information content (AvgIpc) is 3.02. The highest BCUT2D eigenvalue weighted by Gasteiger charge is 2.14. The van der Waals surface area contributed by atoms with E-state index >= 15 is 0 Å². The summed E-state index contributed by atoms with van der Waals surface area (Å²) in [5, 5.41) is 3.93. The fourth-order valence-corrected chi connectivity index (χ4v) is 2.78. The largest absolute Gasteiger partial charge is 0.289 e. The second-order valence-corrected chi connectivity index (χ2v) is 5.35. The molecule has 3 heteroatoms. The minimum atomic E-state index is 0.155. The Hall–Kier alpha value is -0.930. The van der Waals surface area contributed by atoms with Gasteiger partial charge in [-0.3, -0.25) is 4.79 Å². The van der Waals surface area contributed by atoms with Crippen molar-refractivity contribution in [2.24, 2.45) is 0 Å². The lowest BCUT2D eigenvalue weighted by Gasteiger charge is -1.98. The first-order valence-corrected chi connectivity index (χ1v) is 8.09.